The summed E-state index contributed by atoms with van der Waals surface area (Å²) in [5, 5.41) is 3.80. The van der Waals surface area contributed by atoms with Crippen LogP contribution in [0.4, 0.5) is 0 Å². The first-order valence-corrected chi connectivity index (χ1v) is 7.62. The molecule has 1 atom stereocenters. The second kappa shape index (κ2) is 4.55. The van der Waals surface area contributed by atoms with Gasteiger partial charge in [0.15, 0.2) is 0 Å². The first-order valence-electron chi connectivity index (χ1n) is 7.62. The molecule has 0 spiro atoms. The maximum absolute atomic E-state index is 3.80. The van der Waals surface area contributed by atoms with Crippen molar-refractivity contribution in [3.63, 3.8) is 0 Å². The molecule has 2 nitrogen and oxygen atoms in total. The molecular formula is C15H28N2. The van der Waals surface area contributed by atoms with Crippen LogP contribution in [-0.4, -0.2) is 36.1 Å². The van der Waals surface area contributed by atoms with Gasteiger partial charge >= 0.3 is 0 Å². The smallest absolute Gasteiger partial charge is 0.0209 e. The summed E-state index contributed by atoms with van der Waals surface area (Å²) in [5.74, 6) is 0. The molecule has 1 N–H and O–H groups in total. The maximum atomic E-state index is 3.80. The van der Waals surface area contributed by atoms with E-state index in [0.717, 1.165) is 18.1 Å². The molecule has 1 aliphatic heterocycles. The Hall–Kier alpha value is -0.0800. The molecule has 2 heteroatoms. The second-order valence-electron chi connectivity index (χ2n) is 7.32. The molecule has 1 unspecified atom stereocenters. The third-order valence-electron chi connectivity index (χ3n) is 5.09. The molecule has 2 saturated carbocycles. The number of likely N-dealkylation sites (tertiary alicyclic amines) is 1. The van der Waals surface area contributed by atoms with Gasteiger partial charge in [-0.3, -0.25) is 4.90 Å². The summed E-state index contributed by atoms with van der Waals surface area (Å²) < 4.78 is 0. The predicted octanol–water partition coefficient (Wildman–Crippen LogP) is 2.78. The van der Waals surface area contributed by atoms with Gasteiger partial charge in [-0.25, -0.2) is 0 Å². The fraction of sp³-hybridized carbons (Fsp3) is 1.00. The SMILES string of the molecule is CC1(C)CCC(N2CCC(NC3CC3)C2)CC1. The Morgan fingerprint density at radius 1 is 0.941 bits per heavy atom. The maximum Gasteiger partial charge on any atom is 0.0209 e. The highest BCUT2D eigenvalue weighted by molar-refractivity contribution is 4.93. The van der Waals surface area contributed by atoms with Crippen LogP contribution in [-0.2, 0) is 0 Å². The monoisotopic (exact) mass is 236 g/mol. The number of hydrogen-bond donors (Lipinski definition) is 1. The zero-order valence-corrected chi connectivity index (χ0v) is 11.5. The van der Waals surface area contributed by atoms with Crippen LogP contribution in [0.25, 0.3) is 0 Å². The van der Waals surface area contributed by atoms with Crippen LogP contribution < -0.4 is 5.32 Å². The van der Waals surface area contributed by atoms with E-state index < -0.39 is 0 Å². The molecular weight excluding hydrogens is 208 g/mol. The van der Waals surface area contributed by atoms with Crippen molar-refractivity contribution in [2.75, 3.05) is 13.1 Å². The van der Waals surface area contributed by atoms with Gasteiger partial charge in [0.05, 0.1) is 0 Å². The van der Waals surface area contributed by atoms with Gasteiger partial charge in [0.1, 0.15) is 0 Å². The number of rotatable bonds is 3. The van der Waals surface area contributed by atoms with E-state index in [4.69, 9.17) is 0 Å². The fourth-order valence-corrected chi connectivity index (χ4v) is 3.59. The van der Waals surface area contributed by atoms with Crippen LogP contribution in [0.2, 0.25) is 0 Å². The largest absolute Gasteiger partial charge is 0.310 e. The Labute approximate surface area is 106 Å². The summed E-state index contributed by atoms with van der Waals surface area (Å²) in [6.45, 7) is 7.53. The Kier molecular flexibility index (Phi) is 3.20. The Balaban J connectivity index is 1.46. The quantitative estimate of drug-likeness (QED) is 0.810. The van der Waals surface area contributed by atoms with Crippen LogP contribution in [0.3, 0.4) is 0 Å². The lowest BCUT2D eigenvalue weighted by Crippen LogP contribution is -2.41. The molecule has 2 aliphatic carbocycles. The normalized spacial score (nSPS) is 35.3. The molecule has 0 amide bonds. The third-order valence-corrected chi connectivity index (χ3v) is 5.09. The topological polar surface area (TPSA) is 15.3 Å². The highest BCUT2D eigenvalue weighted by Gasteiger charge is 2.35. The van der Waals surface area contributed by atoms with Gasteiger partial charge in [0, 0.05) is 31.2 Å². The summed E-state index contributed by atoms with van der Waals surface area (Å²) in [7, 11) is 0. The average Bonchev–Trinajstić information content (AvgIpc) is 2.96. The standard InChI is InChI=1S/C15H28N2/c1-15(2)8-5-14(6-9-15)17-10-7-13(11-17)16-12-3-4-12/h12-14,16H,3-11H2,1-2H3. The van der Waals surface area contributed by atoms with Gasteiger partial charge in [-0.1, -0.05) is 13.8 Å². The molecule has 1 saturated heterocycles. The van der Waals surface area contributed by atoms with E-state index in [-0.39, 0.29) is 0 Å². The zero-order valence-electron chi connectivity index (χ0n) is 11.5. The van der Waals surface area contributed by atoms with E-state index >= 15 is 0 Å². The van der Waals surface area contributed by atoms with Gasteiger partial charge in [-0.2, -0.15) is 0 Å². The predicted molar refractivity (Wildman–Crippen MR) is 72.2 cm³/mol. The first kappa shape index (κ1) is 12.0. The Morgan fingerprint density at radius 3 is 2.29 bits per heavy atom. The lowest BCUT2D eigenvalue weighted by atomic mass is 9.75. The average molecular weight is 236 g/mol. The molecule has 0 radical (unpaired) electrons. The number of nitrogens with one attached hydrogen (secondary N) is 1. The lowest BCUT2D eigenvalue weighted by molar-refractivity contribution is 0.125. The molecule has 3 rings (SSSR count). The van der Waals surface area contributed by atoms with Crippen molar-refractivity contribution in [2.24, 2.45) is 5.41 Å². The van der Waals surface area contributed by atoms with E-state index in [1.54, 1.807) is 0 Å². The molecule has 17 heavy (non-hydrogen) atoms. The second-order valence-corrected chi connectivity index (χ2v) is 7.32. The Morgan fingerprint density at radius 2 is 1.65 bits per heavy atom. The van der Waals surface area contributed by atoms with Crippen LogP contribution in [0.1, 0.15) is 58.8 Å². The van der Waals surface area contributed by atoms with Crippen molar-refractivity contribution in [3.8, 4) is 0 Å². The summed E-state index contributed by atoms with van der Waals surface area (Å²) in [4.78, 5) is 2.77. The molecule has 0 aromatic rings. The lowest BCUT2D eigenvalue weighted by Gasteiger charge is -2.38. The third kappa shape index (κ3) is 3.03. The van der Waals surface area contributed by atoms with E-state index in [9.17, 15) is 0 Å². The van der Waals surface area contributed by atoms with Crippen LogP contribution in [0.15, 0.2) is 0 Å². The summed E-state index contributed by atoms with van der Waals surface area (Å²) in [6.07, 6.45) is 9.95. The van der Waals surface area contributed by atoms with Crippen molar-refractivity contribution < 1.29 is 0 Å². The van der Waals surface area contributed by atoms with E-state index in [1.165, 1.54) is 58.0 Å². The molecule has 98 valence electrons. The van der Waals surface area contributed by atoms with Crippen molar-refractivity contribution in [1.82, 2.24) is 10.2 Å². The van der Waals surface area contributed by atoms with Gasteiger partial charge < -0.3 is 5.32 Å². The minimum absolute atomic E-state index is 0.613. The molecule has 0 bridgehead atoms. The molecule has 0 aromatic heterocycles. The highest BCUT2D eigenvalue weighted by atomic mass is 15.2. The van der Waals surface area contributed by atoms with Gasteiger partial charge in [0.2, 0.25) is 0 Å². The first-order chi connectivity index (χ1) is 8.12. The summed E-state index contributed by atoms with van der Waals surface area (Å²) in [5.41, 5.74) is 0.613. The Bertz CT molecular complexity index is 260. The number of nitrogens with zero attached hydrogens (tertiary/aromatic N) is 1. The molecule has 3 aliphatic rings. The fourth-order valence-electron chi connectivity index (χ4n) is 3.59. The number of hydrogen-bond acceptors (Lipinski definition) is 2. The van der Waals surface area contributed by atoms with E-state index in [1.807, 2.05) is 0 Å². The molecule has 0 aromatic carbocycles. The van der Waals surface area contributed by atoms with Crippen molar-refractivity contribution >= 4 is 0 Å². The summed E-state index contributed by atoms with van der Waals surface area (Å²) in [6, 6.07) is 2.58. The van der Waals surface area contributed by atoms with Crippen LogP contribution in [0.5, 0.6) is 0 Å². The molecule has 1 heterocycles. The van der Waals surface area contributed by atoms with Crippen molar-refractivity contribution in [2.45, 2.75) is 76.9 Å². The van der Waals surface area contributed by atoms with Crippen molar-refractivity contribution in [3.05, 3.63) is 0 Å². The van der Waals surface area contributed by atoms with Crippen LogP contribution in [0, 0.1) is 5.41 Å². The van der Waals surface area contributed by atoms with Gasteiger partial charge in [-0.15, -0.1) is 0 Å². The van der Waals surface area contributed by atoms with Crippen LogP contribution >= 0.6 is 0 Å². The van der Waals surface area contributed by atoms with E-state index in [0.29, 0.717) is 5.41 Å². The zero-order chi connectivity index (χ0) is 11.9. The summed E-state index contributed by atoms with van der Waals surface area (Å²) >= 11 is 0. The molecule has 3 fully saturated rings. The minimum atomic E-state index is 0.613. The minimum Gasteiger partial charge on any atom is -0.310 e. The van der Waals surface area contributed by atoms with Gasteiger partial charge in [0.25, 0.3) is 0 Å². The van der Waals surface area contributed by atoms with Crippen molar-refractivity contribution in [1.29, 1.82) is 0 Å². The van der Waals surface area contributed by atoms with Gasteiger partial charge in [-0.05, 0) is 50.4 Å². The van der Waals surface area contributed by atoms with E-state index in [2.05, 4.69) is 24.1 Å². The highest BCUT2D eigenvalue weighted by Crippen LogP contribution is 2.37.